The molecule has 0 spiro atoms. The normalized spacial score (nSPS) is 14.5. The average Bonchev–Trinajstić information content (AvgIpc) is 2.31. The maximum atomic E-state index is 2.92. The van der Waals surface area contributed by atoms with Crippen LogP contribution in [0.15, 0.2) is 0 Å². The molecule has 0 aliphatic heterocycles. The van der Waals surface area contributed by atoms with Gasteiger partial charge >= 0.3 is 128 Å². The summed E-state index contributed by atoms with van der Waals surface area (Å²) < 4.78 is -1.37. The van der Waals surface area contributed by atoms with Gasteiger partial charge in [0, 0.05) is 0 Å². The second-order valence-electron chi connectivity index (χ2n) is 5.64. The van der Waals surface area contributed by atoms with E-state index in [1.807, 2.05) is 0 Å². The summed E-state index contributed by atoms with van der Waals surface area (Å²) in [5, 5.41) is 0. The third kappa shape index (κ3) is 9.10. The van der Waals surface area contributed by atoms with Crippen LogP contribution >= 0.6 is 38.0 Å². The number of halogens is 1. The van der Waals surface area contributed by atoms with Crippen molar-refractivity contribution >= 4 is 38.0 Å². The van der Waals surface area contributed by atoms with Crippen molar-refractivity contribution in [3.05, 3.63) is 0 Å². The molecule has 0 fully saturated rings. The third-order valence-corrected chi connectivity index (χ3v) is 13.9. The Bertz CT molecular complexity index is 183. The van der Waals surface area contributed by atoms with Crippen molar-refractivity contribution in [1.82, 2.24) is 0 Å². The molecule has 0 aliphatic carbocycles. The fourth-order valence-electron chi connectivity index (χ4n) is 2.10. The van der Waals surface area contributed by atoms with Gasteiger partial charge in [0.1, 0.15) is 0 Å². The summed E-state index contributed by atoms with van der Waals surface area (Å²) in [6, 6.07) is 0. The molecule has 0 radical (unpaired) electrons. The van der Waals surface area contributed by atoms with Crippen molar-refractivity contribution in [2.24, 2.45) is 0 Å². The number of thioether (sulfide) groups is 1. The first kappa shape index (κ1) is 18.5. The monoisotopic (exact) mass is 390 g/mol. The summed E-state index contributed by atoms with van der Waals surface area (Å²) in [7, 11) is 0. The van der Waals surface area contributed by atoms with Crippen LogP contribution in [0.2, 0.25) is 0 Å². The zero-order valence-electron chi connectivity index (χ0n) is 12.3. The molecule has 0 bridgehead atoms. The van der Waals surface area contributed by atoms with Gasteiger partial charge in [0.2, 0.25) is 0 Å². The Kier molecular flexibility index (Phi) is 10.3. The van der Waals surface area contributed by atoms with E-state index in [1.54, 1.807) is 0 Å². The molecule has 3 heteroatoms. The van der Waals surface area contributed by atoms with Crippen LogP contribution in [0.5, 0.6) is 0 Å². The first-order valence-corrected chi connectivity index (χ1v) is 14.4. The van der Waals surface area contributed by atoms with Crippen LogP contribution in [-0.4, -0.2) is 36.7 Å². The van der Waals surface area contributed by atoms with E-state index in [0.717, 1.165) is 0 Å². The molecule has 0 saturated carbocycles. The Balaban J connectivity index is 4.25. The van der Waals surface area contributed by atoms with E-state index in [-0.39, 0.29) is 0 Å². The topological polar surface area (TPSA) is 0 Å². The molecular weight excluding hydrogens is 358 g/mol. The Hall–Kier alpha value is 1.51. The van der Waals surface area contributed by atoms with Crippen LogP contribution in [-0.2, 0) is 0 Å². The van der Waals surface area contributed by atoms with Gasteiger partial charge in [-0.3, -0.25) is 0 Å². The predicted molar refractivity (Wildman–Crippen MR) is 98.9 cm³/mol. The van der Waals surface area contributed by atoms with Crippen molar-refractivity contribution < 1.29 is 0 Å². The van der Waals surface area contributed by atoms with Gasteiger partial charge in [-0.2, -0.15) is 0 Å². The zero-order chi connectivity index (χ0) is 13.2. The van der Waals surface area contributed by atoms with Crippen LogP contribution in [0.4, 0.5) is 0 Å². The molecule has 0 amide bonds. The molecule has 0 aromatic carbocycles. The molecule has 17 heavy (non-hydrogen) atoms. The number of hydrogen-bond donors (Lipinski definition) is 0. The SMILES string of the molecule is CCCCP(C)(I)(CCCC)CCSCCC. The third-order valence-electron chi connectivity index (χ3n) is 3.48. The zero-order valence-corrected chi connectivity index (χ0v) is 16.2. The number of unbranched alkanes of at least 4 members (excludes halogenated alkanes) is 2. The Labute approximate surface area is 127 Å². The van der Waals surface area contributed by atoms with Crippen LogP contribution in [0.1, 0.15) is 52.9 Å². The fourth-order valence-corrected chi connectivity index (χ4v) is 12.0. The van der Waals surface area contributed by atoms with Crippen LogP contribution < -0.4 is 0 Å². The standard InChI is InChI=1S/C14H32IPS/c1-5-8-10-16(4,15,11-9-6-2)12-14-17-13-7-3/h5-14H2,1-4H3. The maximum absolute atomic E-state index is 2.92. The van der Waals surface area contributed by atoms with E-state index < -0.39 is 4.25 Å². The van der Waals surface area contributed by atoms with E-state index >= 15 is 0 Å². The molecular formula is C14H32IPS. The van der Waals surface area contributed by atoms with Gasteiger partial charge < -0.3 is 0 Å². The van der Waals surface area contributed by atoms with Gasteiger partial charge in [-0.15, -0.1) is 0 Å². The molecule has 0 atom stereocenters. The quantitative estimate of drug-likeness (QED) is 0.228. The summed E-state index contributed by atoms with van der Waals surface area (Å²) in [5.74, 6) is 2.75. The van der Waals surface area contributed by atoms with Gasteiger partial charge in [0.15, 0.2) is 0 Å². The summed E-state index contributed by atoms with van der Waals surface area (Å²) in [6.07, 6.45) is 11.5. The van der Waals surface area contributed by atoms with Crippen LogP contribution in [0.25, 0.3) is 0 Å². The van der Waals surface area contributed by atoms with Crippen LogP contribution in [0, 0.1) is 0 Å². The first-order valence-electron chi connectivity index (χ1n) is 7.26. The molecule has 0 aliphatic rings. The predicted octanol–water partition coefficient (Wildman–Crippen LogP) is 6.26. The Morgan fingerprint density at radius 3 is 1.76 bits per heavy atom. The fraction of sp³-hybridized carbons (Fsp3) is 1.00. The number of hydrogen-bond acceptors (Lipinski definition) is 1. The molecule has 0 N–H and O–H groups in total. The van der Waals surface area contributed by atoms with E-state index in [1.165, 1.54) is 62.1 Å². The van der Waals surface area contributed by atoms with Gasteiger partial charge in [-0.05, 0) is 0 Å². The summed E-state index contributed by atoms with van der Waals surface area (Å²) >= 11 is 5.10. The Morgan fingerprint density at radius 2 is 1.35 bits per heavy atom. The van der Waals surface area contributed by atoms with Crippen molar-refractivity contribution in [3.63, 3.8) is 0 Å². The average molecular weight is 390 g/mol. The minimum atomic E-state index is -1.37. The van der Waals surface area contributed by atoms with Crippen molar-refractivity contribution in [1.29, 1.82) is 0 Å². The van der Waals surface area contributed by atoms with Crippen molar-refractivity contribution in [2.75, 3.05) is 36.7 Å². The van der Waals surface area contributed by atoms with Crippen LogP contribution in [0.3, 0.4) is 0 Å². The summed E-state index contributed by atoms with van der Waals surface area (Å²) in [6.45, 7) is 9.61. The van der Waals surface area contributed by atoms with Gasteiger partial charge in [0.25, 0.3) is 0 Å². The van der Waals surface area contributed by atoms with Gasteiger partial charge in [-0.1, -0.05) is 0 Å². The summed E-state index contributed by atoms with van der Waals surface area (Å²) in [4.78, 5) is 0. The second-order valence-corrected chi connectivity index (χ2v) is 21.5. The van der Waals surface area contributed by atoms with E-state index in [9.17, 15) is 0 Å². The molecule has 0 aromatic rings. The molecule has 0 heterocycles. The van der Waals surface area contributed by atoms with E-state index in [4.69, 9.17) is 0 Å². The second kappa shape index (κ2) is 9.42. The van der Waals surface area contributed by atoms with E-state index in [0.29, 0.717) is 0 Å². The van der Waals surface area contributed by atoms with Gasteiger partial charge in [0.05, 0.1) is 0 Å². The summed E-state index contributed by atoms with van der Waals surface area (Å²) in [5.41, 5.74) is 0. The molecule has 106 valence electrons. The molecule has 0 unspecified atom stereocenters. The Morgan fingerprint density at radius 1 is 0.824 bits per heavy atom. The molecule has 0 aromatic heterocycles. The first-order chi connectivity index (χ1) is 7.96. The molecule has 0 nitrogen and oxygen atoms in total. The van der Waals surface area contributed by atoms with Gasteiger partial charge in [-0.25, -0.2) is 0 Å². The molecule has 0 rings (SSSR count). The molecule has 0 saturated heterocycles. The minimum absolute atomic E-state index is 1.33. The van der Waals surface area contributed by atoms with Crippen molar-refractivity contribution in [2.45, 2.75) is 52.9 Å². The number of rotatable bonds is 11. The van der Waals surface area contributed by atoms with E-state index in [2.05, 4.69) is 61.2 Å². The van der Waals surface area contributed by atoms with Crippen molar-refractivity contribution in [3.8, 4) is 0 Å².